The molecule has 19 heavy (non-hydrogen) atoms. The first kappa shape index (κ1) is 16.4. The maximum atomic E-state index is 12.2. The number of rotatable bonds is 6. The van der Waals surface area contributed by atoms with Gasteiger partial charge in [-0.05, 0) is 44.4 Å². The highest BCUT2D eigenvalue weighted by atomic mass is 32.1. The summed E-state index contributed by atoms with van der Waals surface area (Å²) in [5.41, 5.74) is 5.17. The molecule has 0 aromatic rings. The highest BCUT2D eigenvalue weighted by molar-refractivity contribution is 7.80. The topological polar surface area (TPSA) is 55.1 Å². The summed E-state index contributed by atoms with van der Waals surface area (Å²) in [6.07, 6.45) is 6.18. The predicted molar refractivity (Wildman–Crippen MR) is 83.9 cm³/mol. The first-order chi connectivity index (χ1) is 8.69. The number of amides is 1. The highest BCUT2D eigenvalue weighted by Crippen LogP contribution is 2.42. The lowest BCUT2D eigenvalue weighted by Gasteiger charge is -2.33. The van der Waals surface area contributed by atoms with Crippen LogP contribution in [-0.2, 0) is 4.79 Å². The van der Waals surface area contributed by atoms with Gasteiger partial charge in [-0.15, -0.1) is 0 Å². The number of nitrogens with two attached hydrogens (primary N) is 1. The minimum Gasteiger partial charge on any atom is -0.392 e. The number of hydrogen-bond donors (Lipinski definition) is 2. The van der Waals surface area contributed by atoms with Crippen molar-refractivity contribution in [2.45, 2.75) is 59.8 Å². The molecule has 0 aromatic carbocycles. The Bertz CT molecular complexity index is 344. The Hall–Kier alpha value is -0.640. The van der Waals surface area contributed by atoms with Gasteiger partial charge in [0.05, 0.1) is 10.4 Å². The van der Waals surface area contributed by atoms with Crippen molar-refractivity contribution in [2.24, 2.45) is 22.5 Å². The molecule has 0 heterocycles. The van der Waals surface area contributed by atoms with Gasteiger partial charge in [0.1, 0.15) is 0 Å². The van der Waals surface area contributed by atoms with E-state index in [-0.39, 0.29) is 16.3 Å². The molecule has 110 valence electrons. The lowest BCUT2D eigenvalue weighted by molar-refractivity contribution is -0.126. The van der Waals surface area contributed by atoms with Crippen molar-refractivity contribution in [3.8, 4) is 0 Å². The standard InChI is InChI=1S/C15H28N2OS/c1-11(2)9-15(7-5-6-8-15)10-17-13(18)14(3,4)12(16)19/h11H,5-10H2,1-4H3,(H2,16,19)(H,17,18). The number of nitrogens with one attached hydrogen (secondary N) is 1. The fraction of sp³-hybridized carbons (Fsp3) is 0.867. The molecule has 1 fully saturated rings. The van der Waals surface area contributed by atoms with Crippen LogP contribution < -0.4 is 11.1 Å². The van der Waals surface area contributed by atoms with E-state index in [1.165, 1.54) is 32.1 Å². The zero-order valence-corrected chi connectivity index (χ0v) is 13.5. The van der Waals surface area contributed by atoms with Crippen LogP contribution in [-0.4, -0.2) is 17.4 Å². The molecule has 1 aliphatic carbocycles. The smallest absolute Gasteiger partial charge is 0.232 e. The van der Waals surface area contributed by atoms with Crippen molar-refractivity contribution in [1.29, 1.82) is 0 Å². The van der Waals surface area contributed by atoms with Gasteiger partial charge in [0, 0.05) is 6.54 Å². The SMILES string of the molecule is CC(C)CC1(CNC(=O)C(C)(C)C(N)=S)CCCC1. The number of hydrogen-bond acceptors (Lipinski definition) is 2. The maximum Gasteiger partial charge on any atom is 0.232 e. The van der Waals surface area contributed by atoms with Gasteiger partial charge in [-0.1, -0.05) is 38.9 Å². The summed E-state index contributed by atoms with van der Waals surface area (Å²) < 4.78 is 0. The molecule has 0 spiro atoms. The Labute approximate surface area is 122 Å². The molecular formula is C15H28N2OS. The lowest BCUT2D eigenvalue weighted by atomic mass is 9.78. The zero-order valence-electron chi connectivity index (χ0n) is 12.7. The number of carbonyl (C=O) groups excluding carboxylic acids is 1. The normalized spacial score (nSPS) is 18.6. The Morgan fingerprint density at radius 1 is 1.37 bits per heavy atom. The van der Waals surface area contributed by atoms with Gasteiger partial charge < -0.3 is 11.1 Å². The first-order valence-corrected chi connectivity index (χ1v) is 7.69. The van der Waals surface area contributed by atoms with Crippen LogP contribution >= 0.6 is 12.2 Å². The Morgan fingerprint density at radius 2 is 1.89 bits per heavy atom. The van der Waals surface area contributed by atoms with Crippen LogP contribution in [0.1, 0.15) is 59.8 Å². The van der Waals surface area contributed by atoms with Crippen molar-refractivity contribution < 1.29 is 4.79 Å². The van der Waals surface area contributed by atoms with E-state index in [9.17, 15) is 4.79 Å². The molecule has 3 N–H and O–H groups in total. The molecule has 1 aliphatic rings. The molecule has 0 radical (unpaired) electrons. The van der Waals surface area contributed by atoms with E-state index in [2.05, 4.69) is 19.2 Å². The van der Waals surface area contributed by atoms with Crippen molar-refractivity contribution in [2.75, 3.05) is 6.54 Å². The Balaban J connectivity index is 2.63. The van der Waals surface area contributed by atoms with Crippen LogP contribution in [0.5, 0.6) is 0 Å². The second-order valence-electron chi connectivity index (χ2n) is 6.98. The largest absolute Gasteiger partial charge is 0.392 e. The lowest BCUT2D eigenvalue weighted by Crippen LogP contribution is -2.47. The molecule has 0 saturated heterocycles. The summed E-state index contributed by atoms with van der Waals surface area (Å²) in [5, 5.41) is 3.09. The summed E-state index contributed by atoms with van der Waals surface area (Å²) in [4.78, 5) is 12.5. The van der Waals surface area contributed by atoms with Crippen LogP contribution in [0.3, 0.4) is 0 Å². The van der Waals surface area contributed by atoms with Crippen molar-refractivity contribution in [3.63, 3.8) is 0 Å². The average molecular weight is 284 g/mol. The van der Waals surface area contributed by atoms with E-state index in [1.54, 1.807) is 13.8 Å². The third-order valence-electron chi connectivity index (χ3n) is 4.31. The van der Waals surface area contributed by atoms with Crippen molar-refractivity contribution in [3.05, 3.63) is 0 Å². The maximum absolute atomic E-state index is 12.2. The van der Waals surface area contributed by atoms with Crippen LogP contribution in [0.25, 0.3) is 0 Å². The summed E-state index contributed by atoms with van der Waals surface area (Å²) in [6.45, 7) is 8.83. The Morgan fingerprint density at radius 3 is 2.32 bits per heavy atom. The van der Waals surface area contributed by atoms with Gasteiger partial charge in [-0.2, -0.15) is 0 Å². The van der Waals surface area contributed by atoms with Crippen LogP contribution in [0.4, 0.5) is 0 Å². The molecule has 1 amide bonds. The minimum absolute atomic E-state index is 0.0463. The van der Waals surface area contributed by atoms with Crippen molar-refractivity contribution in [1.82, 2.24) is 5.32 Å². The van der Waals surface area contributed by atoms with Gasteiger partial charge in [0.15, 0.2) is 0 Å². The highest BCUT2D eigenvalue weighted by Gasteiger charge is 2.37. The van der Waals surface area contributed by atoms with Crippen LogP contribution in [0.15, 0.2) is 0 Å². The summed E-state index contributed by atoms with van der Waals surface area (Å²) in [7, 11) is 0. The van der Waals surface area contributed by atoms with Gasteiger partial charge in [0.2, 0.25) is 5.91 Å². The van der Waals surface area contributed by atoms with Gasteiger partial charge in [0.25, 0.3) is 0 Å². The second kappa shape index (κ2) is 6.21. The van der Waals surface area contributed by atoms with E-state index >= 15 is 0 Å². The summed E-state index contributed by atoms with van der Waals surface area (Å²) in [5.74, 6) is 0.619. The zero-order chi connectivity index (χ0) is 14.7. The third kappa shape index (κ3) is 4.16. The van der Waals surface area contributed by atoms with Gasteiger partial charge >= 0.3 is 0 Å². The average Bonchev–Trinajstić information content (AvgIpc) is 2.73. The molecule has 0 aliphatic heterocycles. The fourth-order valence-electron chi connectivity index (χ4n) is 3.04. The monoisotopic (exact) mass is 284 g/mol. The van der Waals surface area contributed by atoms with Crippen molar-refractivity contribution >= 4 is 23.1 Å². The van der Waals surface area contributed by atoms with Gasteiger partial charge in [-0.3, -0.25) is 4.79 Å². The molecule has 3 nitrogen and oxygen atoms in total. The van der Waals surface area contributed by atoms with Crippen LogP contribution in [0.2, 0.25) is 0 Å². The molecule has 1 saturated carbocycles. The first-order valence-electron chi connectivity index (χ1n) is 7.28. The number of thiocarbonyl (C=S) groups is 1. The molecule has 4 heteroatoms. The van der Waals surface area contributed by atoms with Crippen LogP contribution in [0, 0.1) is 16.7 Å². The summed E-state index contributed by atoms with van der Waals surface area (Å²) >= 11 is 4.97. The molecule has 1 rings (SSSR count). The molecule has 0 bridgehead atoms. The van der Waals surface area contributed by atoms with Gasteiger partial charge in [-0.25, -0.2) is 0 Å². The predicted octanol–water partition coefficient (Wildman–Crippen LogP) is 3.02. The fourth-order valence-corrected chi connectivity index (χ4v) is 3.14. The van der Waals surface area contributed by atoms with E-state index in [4.69, 9.17) is 18.0 Å². The Kier molecular flexibility index (Phi) is 5.36. The van der Waals surface area contributed by atoms with E-state index in [0.29, 0.717) is 5.92 Å². The quantitative estimate of drug-likeness (QED) is 0.737. The summed E-state index contributed by atoms with van der Waals surface area (Å²) in [6, 6.07) is 0. The molecular weight excluding hydrogens is 256 g/mol. The third-order valence-corrected chi connectivity index (χ3v) is 4.82. The minimum atomic E-state index is -0.757. The van der Waals surface area contributed by atoms with E-state index in [0.717, 1.165) is 6.54 Å². The molecule has 0 atom stereocenters. The van der Waals surface area contributed by atoms with E-state index < -0.39 is 5.41 Å². The molecule has 0 aromatic heterocycles. The van der Waals surface area contributed by atoms with E-state index in [1.807, 2.05) is 0 Å². The second-order valence-corrected chi connectivity index (χ2v) is 7.42. The number of carbonyl (C=O) groups is 1. The molecule has 0 unspecified atom stereocenters.